The Morgan fingerprint density at radius 2 is 1.25 bits per heavy atom. The molecule has 0 radical (unpaired) electrons. The zero-order chi connectivity index (χ0) is 47.6. The minimum absolute atomic E-state index is 0.104. The summed E-state index contributed by atoms with van der Waals surface area (Å²) in [4.78, 5) is 24.9. The first-order valence-electron chi connectivity index (χ1n) is 21.9. The van der Waals surface area contributed by atoms with E-state index in [1.807, 2.05) is 13.0 Å². The summed E-state index contributed by atoms with van der Waals surface area (Å²) < 4.78 is 23.0. The lowest BCUT2D eigenvalue weighted by molar-refractivity contribution is -0.308. The lowest BCUT2D eigenvalue weighted by Crippen LogP contribution is -2.61. The molecule has 3 aliphatic heterocycles. The predicted octanol–water partition coefficient (Wildman–Crippen LogP) is 0.466. The van der Waals surface area contributed by atoms with Gasteiger partial charge in [-0.15, -0.1) is 0 Å². The molecule has 7 unspecified atom stereocenters. The van der Waals surface area contributed by atoms with E-state index in [1.165, 1.54) is 13.0 Å². The van der Waals surface area contributed by atoms with Crippen molar-refractivity contribution in [1.29, 1.82) is 0 Å². The van der Waals surface area contributed by atoms with E-state index < -0.39 is 141 Å². The molecule has 18 nitrogen and oxygen atoms in total. The Balaban J connectivity index is 1.85. The molecule has 0 aromatic carbocycles. The van der Waals surface area contributed by atoms with Crippen molar-refractivity contribution in [3.8, 4) is 0 Å². The molecule has 3 rings (SSSR count). The Morgan fingerprint density at radius 1 is 0.672 bits per heavy atom. The molecule has 2 fully saturated rings. The van der Waals surface area contributed by atoms with Crippen LogP contribution in [0.15, 0.2) is 85.1 Å². The number of ether oxygens (including phenoxy) is 4. The van der Waals surface area contributed by atoms with Crippen molar-refractivity contribution >= 4 is 11.9 Å². The number of cyclic esters (lactones) is 1. The van der Waals surface area contributed by atoms with Gasteiger partial charge in [-0.1, -0.05) is 92.0 Å². The van der Waals surface area contributed by atoms with Crippen LogP contribution < -0.4 is 5.73 Å². The standard InChI is InChI=1S/C46H71NO17/c1-27-16-14-12-10-8-6-4-5-7-9-11-13-15-17-33(63-45-43(57)41(47)42(56)29(3)62-45)24-38-40(44(58)59)37(54)26-46(60,64-38)25-32(50)22-36(53)34(51)19-18-30(48)21-31(49)23-39(55)61-28(2)20-35(27)52/h4-17,27-38,40-43,45,48-54,56-57,60H,18-26,47H2,1-3H3,(H,58,59)/b5-4+,8-6+,9-7+,12-10+,13-11+,16-14+,17-15+/t27-,28-,29+,30?,31?,32-,33?,34?,35-,36?,37-,38-,40?,41-,42+,43-,45-,46?/m0/s1. The molecule has 362 valence electrons. The highest BCUT2D eigenvalue weighted by Crippen LogP contribution is 2.38. The van der Waals surface area contributed by atoms with Crippen LogP contribution in [0.25, 0.3) is 0 Å². The highest BCUT2D eigenvalue weighted by molar-refractivity contribution is 5.71. The Labute approximate surface area is 374 Å². The van der Waals surface area contributed by atoms with E-state index in [0.717, 1.165) is 0 Å². The minimum atomic E-state index is -2.32. The van der Waals surface area contributed by atoms with Crippen LogP contribution >= 0.6 is 0 Å². The molecule has 0 saturated carbocycles. The number of nitrogens with two attached hydrogens (primary N) is 1. The highest BCUT2D eigenvalue weighted by atomic mass is 16.7. The van der Waals surface area contributed by atoms with Gasteiger partial charge in [0, 0.05) is 38.0 Å². The number of aliphatic carboxylic acids is 1. The van der Waals surface area contributed by atoms with E-state index in [9.17, 15) is 65.8 Å². The van der Waals surface area contributed by atoms with Crippen LogP contribution in [0.2, 0.25) is 0 Å². The normalized spacial score (nSPS) is 44.8. The Bertz CT molecular complexity index is 1630. The molecule has 2 saturated heterocycles. The quantitative estimate of drug-likeness (QED) is 0.171. The topological polar surface area (TPSA) is 320 Å². The first kappa shape index (κ1) is 54.9. The molecule has 0 aliphatic carbocycles. The van der Waals surface area contributed by atoms with Gasteiger partial charge in [-0.2, -0.15) is 0 Å². The van der Waals surface area contributed by atoms with Crippen LogP contribution in [0.1, 0.15) is 78.6 Å². The Kier molecular flexibility index (Phi) is 23.4. The number of allylic oxidation sites excluding steroid dienone is 12. The number of esters is 1. The summed E-state index contributed by atoms with van der Waals surface area (Å²) in [5.74, 6) is -6.35. The third-order valence-corrected chi connectivity index (χ3v) is 11.4. The monoisotopic (exact) mass is 909 g/mol. The van der Waals surface area contributed by atoms with Gasteiger partial charge in [-0.05, 0) is 33.1 Å². The summed E-state index contributed by atoms with van der Waals surface area (Å²) in [5, 5.41) is 118. The fraction of sp³-hybridized carbons (Fsp3) is 0.652. The number of carbonyl (C=O) groups excluding carboxylic acids is 1. The van der Waals surface area contributed by atoms with Crippen molar-refractivity contribution in [1.82, 2.24) is 0 Å². The van der Waals surface area contributed by atoms with E-state index in [1.54, 1.807) is 79.8 Å². The van der Waals surface area contributed by atoms with Crippen LogP contribution in [0, 0.1) is 11.8 Å². The maximum atomic E-state index is 12.5. The van der Waals surface area contributed by atoms with E-state index in [0.29, 0.717) is 0 Å². The average Bonchev–Trinajstić information content (AvgIpc) is 3.19. The fourth-order valence-electron chi connectivity index (χ4n) is 7.74. The average molecular weight is 910 g/mol. The van der Waals surface area contributed by atoms with E-state index in [-0.39, 0.29) is 38.0 Å². The lowest BCUT2D eigenvalue weighted by Gasteiger charge is -2.45. The van der Waals surface area contributed by atoms with E-state index in [2.05, 4.69) is 0 Å². The summed E-state index contributed by atoms with van der Waals surface area (Å²) in [7, 11) is 0. The molecule has 13 N–H and O–H groups in total. The van der Waals surface area contributed by atoms with Crippen molar-refractivity contribution in [3.05, 3.63) is 85.1 Å². The Hall–Kier alpha value is -3.44. The molecule has 3 aliphatic rings. The highest BCUT2D eigenvalue weighted by Gasteiger charge is 2.51. The molecule has 18 heteroatoms. The fourth-order valence-corrected chi connectivity index (χ4v) is 7.74. The van der Waals surface area contributed by atoms with E-state index in [4.69, 9.17) is 24.7 Å². The second kappa shape index (κ2) is 27.3. The predicted molar refractivity (Wildman–Crippen MR) is 232 cm³/mol. The van der Waals surface area contributed by atoms with Crippen LogP contribution in [-0.2, 0) is 28.5 Å². The van der Waals surface area contributed by atoms with Crippen molar-refractivity contribution in [3.63, 3.8) is 0 Å². The molecule has 0 aromatic heterocycles. The molecule has 0 spiro atoms. The summed E-state index contributed by atoms with van der Waals surface area (Å²) in [5.41, 5.74) is 6.01. The summed E-state index contributed by atoms with van der Waals surface area (Å²) >= 11 is 0. The number of aliphatic hydroxyl groups excluding tert-OH is 9. The van der Waals surface area contributed by atoms with Crippen molar-refractivity contribution in [2.24, 2.45) is 17.6 Å². The van der Waals surface area contributed by atoms with E-state index >= 15 is 0 Å². The second-order valence-corrected chi connectivity index (χ2v) is 17.1. The van der Waals surface area contributed by atoms with Gasteiger partial charge in [0.25, 0.3) is 0 Å². The van der Waals surface area contributed by atoms with Crippen LogP contribution in [-0.4, -0.2) is 166 Å². The number of carbonyl (C=O) groups is 2. The zero-order valence-electron chi connectivity index (χ0n) is 36.7. The molecule has 64 heavy (non-hydrogen) atoms. The molecule has 3 heterocycles. The van der Waals surface area contributed by atoms with Gasteiger partial charge >= 0.3 is 11.9 Å². The van der Waals surface area contributed by atoms with Gasteiger partial charge in [-0.3, -0.25) is 9.59 Å². The molecule has 2 bridgehead atoms. The van der Waals surface area contributed by atoms with Crippen LogP contribution in [0.3, 0.4) is 0 Å². The first-order valence-corrected chi connectivity index (χ1v) is 21.9. The SMILES string of the molecule is C[C@H]1C[C@H](O)[C@@H](C)/C=C/C=C/C=C/C=C/C=C/C=C/C=C/C(O[C@@H]2O[C@H](C)[C@@H](O)[C@H](N)[C@@H]2O)C[C@@H]2OC(O)(C[C@@H](O)CC(O)C(O)CCC(O)CC(O)CC(=O)O1)C[C@H](O)C2C(=O)O. The number of aliphatic hydroxyl groups is 10. The van der Waals surface area contributed by atoms with Gasteiger partial charge in [0.15, 0.2) is 12.1 Å². The number of rotatable bonds is 3. The number of fused-ring (bicyclic) bond motifs is 2. The number of hydrogen-bond acceptors (Lipinski definition) is 17. The Morgan fingerprint density at radius 3 is 1.84 bits per heavy atom. The van der Waals surface area contributed by atoms with Crippen LogP contribution in [0.5, 0.6) is 0 Å². The maximum Gasteiger partial charge on any atom is 0.311 e. The van der Waals surface area contributed by atoms with Crippen molar-refractivity contribution < 1.29 is 84.7 Å². The minimum Gasteiger partial charge on any atom is -0.481 e. The number of carboxylic acids is 1. The van der Waals surface area contributed by atoms with Gasteiger partial charge in [0.1, 0.15) is 18.1 Å². The lowest BCUT2D eigenvalue weighted by atomic mass is 9.82. The molecular formula is C46H71NO17. The van der Waals surface area contributed by atoms with Gasteiger partial charge in [-0.25, -0.2) is 0 Å². The van der Waals surface area contributed by atoms with Crippen molar-refractivity contribution in [2.45, 2.75) is 176 Å². The summed E-state index contributed by atoms with van der Waals surface area (Å²) in [6.45, 7) is 4.97. The van der Waals surface area contributed by atoms with Gasteiger partial charge in [0.05, 0.1) is 79.6 Å². The molecule has 0 aromatic rings. The summed E-state index contributed by atoms with van der Waals surface area (Å²) in [6, 6.07) is -1.15. The smallest absolute Gasteiger partial charge is 0.311 e. The third kappa shape index (κ3) is 18.8. The van der Waals surface area contributed by atoms with Gasteiger partial charge in [0.2, 0.25) is 0 Å². The molecular weight excluding hydrogens is 838 g/mol. The molecule has 0 amide bonds. The first-order chi connectivity index (χ1) is 30.2. The van der Waals surface area contributed by atoms with Gasteiger partial charge < -0.3 is 80.9 Å². The van der Waals surface area contributed by atoms with Crippen LogP contribution in [0.4, 0.5) is 0 Å². The number of carboxylic acid groups (broad SMARTS) is 1. The third-order valence-electron chi connectivity index (χ3n) is 11.4. The number of hydrogen-bond donors (Lipinski definition) is 12. The largest absolute Gasteiger partial charge is 0.481 e. The maximum absolute atomic E-state index is 12.5. The summed E-state index contributed by atoms with van der Waals surface area (Å²) in [6.07, 6.45) is 3.69. The van der Waals surface area contributed by atoms with Crippen molar-refractivity contribution in [2.75, 3.05) is 0 Å². The molecule has 18 atom stereocenters. The zero-order valence-corrected chi connectivity index (χ0v) is 36.7. The second-order valence-electron chi connectivity index (χ2n) is 17.1.